The summed E-state index contributed by atoms with van der Waals surface area (Å²) in [6.45, 7) is 2.37. The third kappa shape index (κ3) is 3.90. The van der Waals surface area contributed by atoms with Gasteiger partial charge in [-0.25, -0.2) is 0 Å². The molecule has 0 heterocycles. The Kier molecular flexibility index (Phi) is 4.59. The molecule has 1 atom stereocenters. The van der Waals surface area contributed by atoms with E-state index in [2.05, 4.69) is 5.32 Å². The summed E-state index contributed by atoms with van der Waals surface area (Å²) in [7, 11) is 0. The van der Waals surface area contributed by atoms with Gasteiger partial charge in [0.05, 0.1) is 6.04 Å². The molecule has 0 saturated carbocycles. The Balaban J connectivity index is 2.43. The van der Waals surface area contributed by atoms with Gasteiger partial charge in [-0.05, 0) is 24.1 Å². The van der Waals surface area contributed by atoms with E-state index in [9.17, 15) is 4.79 Å². The van der Waals surface area contributed by atoms with Crippen LogP contribution in [0.3, 0.4) is 0 Å². The predicted octanol–water partition coefficient (Wildman–Crippen LogP) is 1.69. The number of nitrogens with one attached hydrogen (secondary N) is 1. The Morgan fingerprint density at radius 3 is 2.60 bits per heavy atom. The zero-order valence-corrected chi connectivity index (χ0v) is 9.42. The minimum atomic E-state index is -0.419. The smallest absolute Gasteiger partial charge is 0.237 e. The number of amides is 1. The minimum Gasteiger partial charge on any atom is -0.351 e. The zero-order chi connectivity index (χ0) is 11.3. The molecule has 1 unspecified atom stereocenters. The second kappa shape index (κ2) is 5.73. The van der Waals surface area contributed by atoms with Crippen LogP contribution in [0.2, 0.25) is 5.02 Å². The molecule has 1 rings (SSSR count). The lowest BCUT2D eigenvalue weighted by molar-refractivity contribution is -0.122. The van der Waals surface area contributed by atoms with Crippen LogP contribution in [0.1, 0.15) is 18.9 Å². The van der Waals surface area contributed by atoms with Crippen molar-refractivity contribution in [2.24, 2.45) is 5.73 Å². The molecule has 15 heavy (non-hydrogen) atoms. The van der Waals surface area contributed by atoms with E-state index in [0.29, 0.717) is 18.0 Å². The molecule has 4 heteroatoms. The first-order valence-corrected chi connectivity index (χ1v) is 5.29. The molecule has 0 aliphatic heterocycles. The van der Waals surface area contributed by atoms with Crippen LogP contribution in [0.4, 0.5) is 0 Å². The molecule has 0 saturated heterocycles. The van der Waals surface area contributed by atoms with Gasteiger partial charge in [0.1, 0.15) is 0 Å². The van der Waals surface area contributed by atoms with Crippen molar-refractivity contribution in [3.05, 3.63) is 34.9 Å². The molecule has 0 fully saturated rings. The minimum absolute atomic E-state index is 0.118. The van der Waals surface area contributed by atoms with Crippen molar-refractivity contribution in [2.75, 3.05) is 0 Å². The molecule has 82 valence electrons. The van der Waals surface area contributed by atoms with Crippen molar-refractivity contribution in [3.63, 3.8) is 0 Å². The van der Waals surface area contributed by atoms with Gasteiger partial charge in [-0.2, -0.15) is 0 Å². The summed E-state index contributed by atoms with van der Waals surface area (Å²) in [5.41, 5.74) is 6.58. The highest BCUT2D eigenvalue weighted by molar-refractivity contribution is 6.30. The van der Waals surface area contributed by atoms with Crippen LogP contribution in [-0.2, 0) is 11.3 Å². The van der Waals surface area contributed by atoms with Crippen LogP contribution in [0, 0.1) is 0 Å². The number of nitrogens with two attached hydrogens (primary N) is 1. The standard InChI is InChI=1S/C11H15ClN2O/c1-2-10(13)11(15)14-7-8-3-5-9(12)6-4-8/h3-6,10H,2,7,13H2,1H3,(H,14,15). The predicted molar refractivity (Wildman–Crippen MR) is 61.6 cm³/mol. The molecule has 1 aromatic rings. The molecule has 0 radical (unpaired) electrons. The fourth-order valence-electron chi connectivity index (χ4n) is 1.11. The highest BCUT2D eigenvalue weighted by atomic mass is 35.5. The Morgan fingerprint density at radius 2 is 2.07 bits per heavy atom. The Hall–Kier alpha value is -1.06. The van der Waals surface area contributed by atoms with E-state index in [1.165, 1.54) is 0 Å². The summed E-state index contributed by atoms with van der Waals surface area (Å²) in [5.74, 6) is -0.118. The van der Waals surface area contributed by atoms with Gasteiger partial charge in [-0.1, -0.05) is 30.7 Å². The molecule has 3 N–H and O–H groups in total. The fraction of sp³-hybridized carbons (Fsp3) is 0.364. The van der Waals surface area contributed by atoms with Crippen LogP contribution in [0.25, 0.3) is 0 Å². The van der Waals surface area contributed by atoms with Gasteiger partial charge in [0.25, 0.3) is 0 Å². The van der Waals surface area contributed by atoms with Crippen molar-refractivity contribution in [3.8, 4) is 0 Å². The first-order valence-electron chi connectivity index (χ1n) is 4.91. The van der Waals surface area contributed by atoms with Crippen LogP contribution in [0.15, 0.2) is 24.3 Å². The number of halogens is 1. The number of hydrogen-bond donors (Lipinski definition) is 2. The topological polar surface area (TPSA) is 55.1 Å². The Bertz CT molecular complexity index is 324. The molecular weight excluding hydrogens is 212 g/mol. The number of benzene rings is 1. The summed E-state index contributed by atoms with van der Waals surface area (Å²) >= 11 is 5.74. The van der Waals surface area contributed by atoms with Gasteiger partial charge < -0.3 is 11.1 Å². The molecular formula is C11H15ClN2O. The van der Waals surface area contributed by atoms with Gasteiger partial charge in [0.2, 0.25) is 5.91 Å². The first-order chi connectivity index (χ1) is 7.13. The number of hydrogen-bond acceptors (Lipinski definition) is 2. The lowest BCUT2D eigenvalue weighted by atomic mass is 10.2. The first kappa shape index (κ1) is 12.0. The average molecular weight is 227 g/mol. The van der Waals surface area contributed by atoms with E-state index in [1.807, 2.05) is 19.1 Å². The van der Waals surface area contributed by atoms with E-state index in [0.717, 1.165) is 5.56 Å². The van der Waals surface area contributed by atoms with Gasteiger partial charge in [-0.15, -0.1) is 0 Å². The highest BCUT2D eigenvalue weighted by Gasteiger charge is 2.09. The van der Waals surface area contributed by atoms with Crippen LogP contribution < -0.4 is 11.1 Å². The maximum Gasteiger partial charge on any atom is 0.237 e. The zero-order valence-electron chi connectivity index (χ0n) is 8.66. The van der Waals surface area contributed by atoms with Crippen LogP contribution in [0.5, 0.6) is 0 Å². The molecule has 0 bridgehead atoms. The monoisotopic (exact) mass is 226 g/mol. The quantitative estimate of drug-likeness (QED) is 0.821. The number of carbonyl (C=O) groups is 1. The largest absolute Gasteiger partial charge is 0.351 e. The lowest BCUT2D eigenvalue weighted by Crippen LogP contribution is -2.39. The second-order valence-electron chi connectivity index (χ2n) is 3.36. The molecule has 3 nitrogen and oxygen atoms in total. The van der Waals surface area contributed by atoms with E-state index < -0.39 is 6.04 Å². The second-order valence-corrected chi connectivity index (χ2v) is 3.80. The van der Waals surface area contributed by atoms with Crippen molar-refractivity contribution < 1.29 is 4.79 Å². The third-order valence-electron chi connectivity index (χ3n) is 2.16. The van der Waals surface area contributed by atoms with Crippen LogP contribution in [-0.4, -0.2) is 11.9 Å². The van der Waals surface area contributed by atoms with Crippen molar-refractivity contribution in [2.45, 2.75) is 25.9 Å². The summed E-state index contributed by atoms with van der Waals surface area (Å²) in [4.78, 5) is 11.4. The lowest BCUT2D eigenvalue weighted by Gasteiger charge is -2.09. The molecule has 0 aromatic heterocycles. The maximum atomic E-state index is 11.4. The molecule has 0 aliphatic carbocycles. The fourth-order valence-corrected chi connectivity index (χ4v) is 1.23. The van der Waals surface area contributed by atoms with Gasteiger partial charge in [-0.3, -0.25) is 4.79 Å². The van der Waals surface area contributed by atoms with Crippen molar-refractivity contribution in [1.82, 2.24) is 5.32 Å². The highest BCUT2D eigenvalue weighted by Crippen LogP contribution is 2.09. The van der Waals surface area contributed by atoms with E-state index in [1.54, 1.807) is 12.1 Å². The van der Waals surface area contributed by atoms with Gasteiger partial charge >= 0.3 is 0 Å². The van der Waals surface area contributed by atoms with Crippen LogP contribution >= 0.6 is 11.6 Å². The van der Waals surface area contributed by atoms with Gasteiger partial charge in [0.15, 0.2) is 0 Å². The van der Waals surface area contributed by atoms with Crippen molar-refractivity contribution >= 4 is 17.5 Å². The average Bonchev–Trinajstić information content (AvgIpc) is 2.26. The summed E-state index contributed by atoms with van der Waals surface area (Å²) in [5, 5.41) is 3.45. The summed E-state index contributed by atoms with van der Waals surface area (Å²) < 4.78 is 0. The third-order valence-corrected chi connectivity index (χ3v) is 2.41. The Labute approximate surface area is 94.6 Å². The molecule has 0 spiro atoms. The number of carbonyl (C=O) groups excluding carboxylic acids is 1. The van der Waals surface area contributed by atoms with E-state index in [4.69, 9.17) is 17.3 Å². The summed E-state index contributed by atoms with van der Waals surface area (Å²) in [6, 6.07) is 6.92. The molecule has 0 aliphatic rings. The number of rotatable bonds is 4. The van der Waals surface area contributed by atoms with Crippen molar-refractivity contribution in [1.29, 1.82) is 0 Å². The summed E-state index contributed by atoms with van der Waals surface area (Å²) in [6.07, 6.45) is 0.645. The van der Waals surface area contributed by atoms with E-state index >= 15 is 0 Å². The van der Waals surface area contributed by atoms with Gasteiger partial charge in [0, 0.05) is 11.6 Å². The normalized spacial score (nSPS) is 12.2. The maximum absolute atomic E-state index is 11.4. The Morgan fingerprint density at radius 1 is 1.47 bits per heavy atom. The van der Waals surface area contributed by atoms with E-state index in [-0.39, 0.29) is 5.91 Å². The molecule has 1 aromatic carbocycles. The SMILES string of the molecule is CCC(N)C(=O)NCc1ccc(Cl)cc1. The molecule has 1 amide bonds.